The van der Waals surface area contributed by atoms with Crippen molar-refractivity contribution in [2.75, 3.05) is 6.26 Å². The molecule has 1 aromatic heterocycles. The molecule has 10 nitrogen and oxygen atoms in total. The molecule has 1 unspecified atom stereocenters. The number of carbonyl (C=O) groups is 3. The Kier molecular flexibility index (Phi) is 10.4. The molecule has 0 saturated heterocycles. The minimum absolute atomic E-state index is 0.00186. The maximum Gasteiger partial charge on any atom is 0.303 e. The first-order valence-corrected chi connectivity index (χ1v) is 17.7. The van der Waals surface area contributed by atoms with Gasteiger partial charge in [-0.3, -0.25) is 19.4 Å². The van der Waals surface area contributed by atoms with E-state index >= 15 is 0 Å². The van der Waals surface area contributed by atoms with Crippen LogP contribution in [0.15, 0.2) is 60.7 Å². The SMILES string of the molecule is CC(=O)OCc1cccc(C(C)NC(=O)[C@@H]2c3ccccc3C(=O)N([C@H]3CCCC[C@@H]3NS(C)(=O)=O)[C@H]2c2ccc(Cl)cc2Cl)n1. The van der Waals surface area contributed by atoms with Gasteiger partial charge in [0.1, 0.15) is 6.61 Å². The third-order valence-electron chi connectivity index (χ3n) is 8.45. The Morgan fingerprint density at radius 2 is 1.78 bits per heavy atom. The number of benzene rings is 2. The summed E-state index contributed by atoms with van der Waals surface area (Å²) >= 11 is 13.1. The van der Waals surface area contributed by atoms with E-state index in [4.69, 9.17) is 27.9 Å². The van der Waals surface area contributed by atoms with E-state index < -0.39 is 46.1 Å². The summed E-state index contributed by atoms with van der Waals surface area (Å²) in [6.07, 6.45) is 3.74. The monoisotopic (exact) mass is 686 g/mol. The fourth-order valence-corrected chi connectivity index (χ4v) is 7.85. The molecule has 3 aromatic rings. The largest absolute Gasteiger partial charge is 0.459 e. The van der Waals surface area contributed by atoms with Gasteiger partial charge in [-0.05, 0) is 61.2 Å². The van der Waals surface area contributed by atoms with Gasteiger partial charge in [-0.25, -0.2) is 13.1 Å². The molecule has 0 radical (unpaired) electrons. The molecule has 2 aliphatic rings. The quantitative estimate of drug-likeness (QED) is 0.285. The molecule has 46 heavy (non-hydrogen) atoms. The molecule has 1 saturated carbocycles. The molecule has 5 rings (SSSR count). The minimum atomic E-state index is -3.60. The van der Waals surface area contributed by atoms with Crippen molar-refractivity contribution in [2.45, 2.75) is 76.2 Å². The number of carbonyl (C=O) groups excluding carboxylic acids is 3. The summed E-state index contributed by atoms with van der Waals surface area (Å²) in [4.78, 5) is 46.5. The van der Waals surface area contributed by atoms with Crippen LogP contribution in [0.3, 0.4) is 0 Å². The summed E-state index contributed by atoms with van der Waals surface area (Å²) in [5, 5.41) is 3.77. The van der Waals surface area contributed by atoms with E-state index in [-0.39, 0.29) is 23.4 Å². The summed E-state index contributed by atoms with van der Waals surface area (Å²) in [7, 11) is -3.60. The number of esters is 1. The molecule has 1 aliphatic carbocycles. The van der Waals surface area contributed by atoms with Crippen LogP contribution >= 0.6 is 23.2 Å². The maximum atomic E-state index is 14.5. The number of fused-ring (bicyclic) bond motifs is 1. The van der Waals surface area contributed by atoms with Crippen LogP contribution in [0.1, 0.15) is 90.4 Å². The zero-order chi connectivity index (χ0) is 33.2. The van der Waals surface area contributed by atoms with Gasteiger partial charge in [0.25, 0.3) is 5.91 Å². The maximum absolute atomic E-state index is 14.5. The van der Waals surface area contributed by atoms with E-state index in [1.54, 1.807) is 72.5 Å². The number of hydrogen-bond donors (Lipinski definition) is 2. The van der Waals surface area contributed by atoms with E-state index in [0.717, 1.165) is 19.1 Å². The van der Waals surface area contributed by atoms with Gasteiger partial charge in [-0.15, -0.1) is 0 Å². The number of rotatable bonds is 9. The van der Waals surface area contributed by atoms with Crippen LogP contribution in [-0.4, -0.2) is 54.4 Å². The molecule has 5 atom stereocenters. The Morgan fingerprint density at radius 3 is 2.50 bits per heavy atom. The molecule has 244 valence electrons. The number of ether oxygens (including phenoxy) is 1. The third kappa shape index (κ3) is 7.54. The van der Waals surface area contributed by atoms with Crippen LogP contribution in [-0.2, 0) is 31.0 Å². The highest BCUT2D eigenvalue weighted by Gasteiger charge is 2.49. The number of halogens is 2. The number of aromatic nitrogens is 1. The van der Waals surface area contributed by atoms with Crippen LogP contribution in [0, 0.1) is 0 Å². The minimum Gasteiger partial charge on any atom is -0.459 e. The van der Waals surface area contributed by atoms with Crippen LogP contribution in [0.5, 0.6) is 0 Å². The molecule has 2 aromatic carbocycles. The molecule has 1 fully saturated rings. The third-order valence-corrected chi connectivity index (χ3v) is 9.74. The second kappa shape index (κ2) is 14.1. The molecular formula is C33H36Cl2N4O6S. The van der Waals surface area contributed by atoms with Crippen molar-refractivity contribution in [3.05, 3.63) is 98.8 Å². The Labute approximate surface area is 278 Å². The van der Waals surface area contributed by atoms with Gasteiger partial charge in [0.15, 0.2) is 0 Å². The first-order chi connectivity index (χ1) is 21.8. The van der Waals surface area contributed by atoms with Crippen LogP contribution in [0.25, 0.3) is 0 Å². The highest BCUT2D eigenvalue weighted by molar-refractivity contribution is 7.88. The lowest BCUT2D eigenvalue weighted by Crippen LogP contribution is -2.59. The summed E-state index contributed by atoms with van der Waals surface area (Å²) in [6, 6.07) is 14.7. The molecule has 0 spiro atoms. The van der Waals surface area contributed by atoms with Crippen molar-refractivity contribution in [3.63, 3.8) is 0 Å². The van der Waals surface area contributed by atoms with E-state index in [9.17, 15) is 22.8 Å². The van der Waals surface area contributed by atoms with E-state index in [1.165, 1.54) is 6.92 Å². The fourth-order valence-electron chi connectivity index (χ4n) is 6.50. The molecular weight excluding hydrogens is 651 g/mol. The molecule has 13 heteroatoms. The van der Waals surface area contributed by atoms with E-state index in [0.29, 0.717) is 45.9 Å². The summed E-state index contributed by atoms with van der Waals surface area (Å²) in [5.74, 6) is -2.03. The average molecular weight is 688 g/mol. The van der Waals surface area contributed by atoms with Crippen molar-refractivity contribution < 1.29 is 27.5 Å². The van der Waals surface area contributed by atoms with Crippen molar-refractivity contribution in [2.24, 2.45) is 0 Å². The van der Waals surface area contributed by atoms with Crippen molar-refractivity contribution >= 4 is 51.0 Å². The predicted octanol–water partition coefficient (Wildman–Crippen LogP) is 5.47. The topological polar surface area (TPSA) is 135 Å². The number of sulfonamides is 1. The number of nitrogens with zero attached hydrogens (tertiary/aromatic N) is 2. The molecule has 2 N–H and O–H groups in total. The molecule has 2 heterocycles. The lowest BCUT2D eigenvalue weighted by molar-refractivity contribution is -0.142. The van der Waals surface area contributed by atoms with Crippen molar-refractivity contribution in [1.82, 2.24) is 19.9 Å². The lowest BCUT2D eigenvalue weighted by Gasteiger charge is -2.49. The summed E-state index contributed by atoms with van der Waals surface area (Å²) in [5.41, 5.74) is 2.50. The molecule has 1 aliphatic heterocycles. The Hall–Kier alpha value is -3.51. The number of hydrogen-bond acceptors (Lipinski definition) is 7. The standard InChI is InChI=1S/C33H36Cl2N4O6S/c1-19(27-13-8-9-22(37-27)18-45-20(2)40)36-32(41)30-23-10-4-5-11-24(23)33(42)39(31(30)25-16-15-21(34)17-26(25)35)29-14-7-6-12-28(29)38-46(3,43)44/h4-5,8-11,13,15-17,19,28-31,38H,6-7,12,14,18H2,1-3H3,(H,36,41)/t19?,28-,29-,30+,31-/m0/s1. The Balaban J connectivity index is 1.60. The van der Waals surface area contributed by atoms with Crippen LogP contribution < -0.4 is 10.0 Å². The lowest BCUT2D eigenvalue weighted by atomic mass is 9.76. The zero-order valence-electron chi connectivity index (χ0n) is 25.7. The second-order valence-corrected chi connectivity index (χ2v) is 14.4. The van der Waals surface area contributed by atoms with Gasteiger partial charge >= 0.3 is 5.97 Å². The fraction of sp³-hybridized carbons (Fsp3) is 0.394. The van der Waals surface area contributed by atoms with Gasteiger partial charge in [0.2, 0.25) is 15.9 Å². The van der Waals surface area contributed by atoms with Gasteiger partial charge in [-0.2, -0.15) is 0 Å². The number of pyridine rings is 1. The molecule has 0 bridgehead atoms. The first-order valence-electron chi connectivity index (χ1n) is 15.1. The highest BCUT2D eigenvalue weighted by Crippen LogP contribution is 2.48. The number of nitrogens with one attached hydrogen (secondary N) is 2. The Morgan fingerprint density at radius 1 is 1.04 bits per heavy atom. The van der Waals surface area contributed by atoms with Gasteiger partial charge < -0.3 is 15.0 Å². The predicted molar refractivity (Wildman–Crippen MR) is 175 cm³/mol. The summed E-state index contributed by atoms with van der Waals surface area (Å²) < 4.78 is 32.7. The molecule has 2 amide bonds. The van der Waals surface area contributed by atoms with Crippen molar-refractivity contribution in [1.29, 1.82) is 0 Å². The zero-order valence-corrected chi connectivity index (χ0v) is 28.0. The number of amides is 2. The van der Waals surface area contributed by atoms with E-state index in [1.807, 2.05) is 0 Å². The summed E-state index contributed by atoms with van der Waals surface area (Å²) in [6.45, 7) is 3.11. The second-order valence-electron chi connectivity index (χ2n) is 11.8. The first kappa shape index (κ1) is 33.8. The Bertz CT molecular complexity index is 1750. The average Bonchev–Trinajstić information content (AvgIpc) is 3.00. The smallest absolute Gasteiger partial charge is 0.303 e. The van der Waals surface area contributed by atoms with Crippen molar-refractivity contribution in [3.8, 4) is 0 Å². The normalized spacial score (nSPS) is 22.1. The van der Waals surface area contributed by atoms with E-state index in [2.05, 4.69) is 15.0 Å². The van der Waals surface area contributed by atoms with Crippen LogP contribution in [0.4, 0.5) is 0 Å². The van der Waals surface area contributed by atoms with Gasteiger partial charge in [0.05, 0.1) is 35.6 Å². The van der Waals surface area contributed by atoms with Gasteiger partial charge in [-0.1, -0.05) is 66.4 Å². The van der Waals surface area contributed by atoms with Gasteiger partial charge in [0, 0.05) is 34.6 Å². The highest BCUT2D eigenvalue weighted by atomic mass is 35.5. The van der Waals surface area contributed by atoms with Crippen LogP contribution in [0.2, 0.25) is 10.0 Å².